The third kappa shape index (κ3) is 6.53. The first kappa shape index (κ1) is 33.5. The molecule has 6 heterocycles. The molecule has 0 radical (unpaired) electrons. The van der Waals surface area contributed by atoms with Crippen LogP contribution in [0.2, 0.25) is 0 Å². The number of imidazole rings is 1. The number of anilines is 2. The van der Waals surface area contributed by atoms with Crippen LogP contribution in [0.3, 0.4) is 0 Å². The van der Waals surface area contributed by atoms with Crippen molar-refractivity contribution >= 4 is 72.5 Å². The number of halogens is 2. The van der Waals surface area contributed by atoms with E-state index in [1.165, 1.54) is 0 Å². The van der Waals surface area contributed by atoms with Crippen molar-refractivity contribution in [3.63, 3.8) is 0 Å². The summed E-state index contributed by atoms with van der Waals surface area (Å²) in [5.74, 6) is -0.262. The highest BCUT2D eigenvalue weighted by atomic mass is 32.7. The van der Waals surface area contributed by atoms with Crippen molar-refractivity contribution in [3.8, 4) is 0 Å². The number of rotatable bonds is 8. The number of nitrogen functional groups attached to an aromatic ring is 2. The number of alkyl halides is 2. The van der Waals surface area contributed by atoms with E-state index < -0.39 is 74.7 Å². The minimum absolute atomic E-state index is 0.00301. The lowest BCUT2D eigenvalue weighted by atomic mass is 10.1. The number of nitrogens with two attached hydrogens (primary N) is 2. The van der Waals surface area contributed by atoms with Gasteiger partial charge in [-0.1, -0.05) is 17.5 Å². The molecule has 244 valence electrons. The predicted molar refractivity (Wildman–Crippen MR) is 155 cm³/mol. The van der Waals surface area contributed by atoms with E-state index in [2.05, 4.69) is 47.5 Å². The lowest BCUT2D eigenvalue weighted by Crippen LogP contribution is -2.33. The number of aromatic amines is 1. The van der Waals surface area contributed by atoms with E-state index in [4.69, 9.17) is 46.4 Å². The maximum atomic E-state index is 15.3. The highest BCUT2D eigenvalue weighted by molar-refractivity contribution is 8.33. The quantitative estimate of drug-likeness (QED) is 0.0859. The molecular weight excluding hydrogens is 690 g/mol. The average Bonchev–Trinajstić information content (AvgIpc) is 3.74. The first-order valence-corrected chi connectivity index (χ1v) is 17.0. The topological polar surface area (TPSA) is 287 Å². The number of fused-ring (bicyclic) bond motifs is 2. The number of ether oxygens (including phenoxy) is 2. The second kappa shape index (κ2) is 13.5. The molecule has 8 N–H and O–H groups in total. The van der Waals surface area contributed by atoms with Crippen LogP contribution in [0.5, 0.6) is 0 Å². The lowest BCUT2D eigenvalue weighted by molar-refractivity contribution is -0.0576. The predicted octanol–water partition coefficient (Wildman–Crippen LogP) is -0.915. The molecule has 2 aliphatic rings. The van der Waals surface area contributed by atoms with Gasteiger partial charge in [0, 0.05) is 0 Å². The van der Waals surface area contributed by atoms with Crippen LogP contribution in [0, 0.1) is 0 Å². The van der Waals surface area contributed by atoms with E-state index >= 15 is 8.78 Å². The van der Waals surface area contributed by atoms with Gasteiger partial charge in [0.05, 0.1) is 19.5 Å². The summed E-state index contributed by atoms with van der Waals surface area (Å²) in [6.07, 6.45) is -11.1. The van der Waals surface area contributed by atoms with Crippen LogP contribution < -0.4 is 17.0 Å². The Balaban J connectivity index is 0.00000128. The number of hydrogen-bond acceptors (Lipinski definition) is 17. The zero-order chi connectivity index (χ0) is 32.6. The molecular formula is C19H23F2N11O9P2S2. The van der Waals surface area contributed by atoms with Gasteiger partial charge in [0.15, 0.2) is 52.9 Å². The number of aliphatic hydroxyl groups is 2. The fourth-order valence-corrected chi connectivity index (χ4v) is 6.06. The summed E-state index contributed by atoms with van der Waals surface area (Å²) < 4.78 is 63.1. The van der Waals surface area contributed by atoms with Crippen LogP contribution in [0.25, 0.3) is 22.3 Å². The molecule has 4 aromatic heterocycles. The molecule has 0 aromatic carbocycles. The molecule has 20 nitrogen and oxygen atoms in total. The second-order valence-electron chi connectivity index (χ2n) is 9.35. The molecule has 45 heavy (non-hydrogen) atoms. The third-order valence-electron chi connectivity index (χ3n) is 6.65. The number of nitrogens with zero attached hydrogens (tertiary/aromatic N) is 8. The van der Waals surface area contributed by atoms with Crippen molar-refractivity contribution in [2.24, 2.45) is 0 Å². The Labute approximate surface area is 260 Å². The van der Waals surface area contributed by atoms with Gasteiger partial charge in [-0.15, -0.1) is 5.10 Å². The average molecular weight is 714 g/mol. The molecule has 1 unspecified atom stereocenters. The maximum Gasteiger partial charge on any atom is 0.325 e. The van der Waals surface area contributed by atoms with Gasteiger partial charge >= 0.3 is 6.72 Å². The molecule has 2 saturated heterocycles. The van der Waals surface area contributed by atoms with Gasteiger partial charge in [0.1, 0.15) is 30.7 Å². The van der Waals surface area contributed by atoms with E-state index in [1.54, 1.807) is 0 Å². The van der Waals surface area contributed by atoms with Crippen molar-refractivity contribution in [2.75, 3.05) is 24.7 Å². The van der Waals surface area contributed by atoms with Gasteiger partial charge in [0.25, 0.3) is 5.56 Å². The van der Waals surface area contributed by atoms with Gasteiger partial charge < -0.3 is 40.6 Å². The van der Waals surface area contributed by atoms with Crippen molar-refractivity contribution in [3.05, 3.63) is 23.0 Å². The third-order valence-corrected chi connectivity index (χ3v) is 8.21. The van der Waals surface area contributed by atoms with Crippen LogP contribution in [-0.2, 0) is 34.9 Å². The summed E-state index contributed by atoms with van der Waals surface area (Å²) in [5, 5.41) is 27.6. The van der Waals surface area contributed by atoms with Crippen molar-refractivity contribution in [2.45, 2.75) is 49.2 Å². The van der Waals surface area contributed by atoms with Gasteiger partial charge in [0.2, 0.25) is 13.6 Å². The van der Waals surface area contributed by atoms with Crippen LogP contribution in [0.1, 0.15) is 12.5 Å². The molecule has 2 fully saturated rings. The van der Waals surface area contributed by atoms with Gasteiger partial charge in [-0.25, -0.2) is 23.7 Å². The summed E-state index contributed by atoms with van der Waals surface area (Å²) in [7, 11) is -0.139. The number of nitrogens with one attached hydrogen (secondary N) is 1. The normalized spacial score (nSPS) is 29.6. The Morgan fingerprint density at radius 3 is 2.58 bits per heavy atom. The van der Waals surface area contributed by atoms with Gasteiger partial charge in [-0.3, -0.25) is 23.4 Å². The smallest absolute Gasteiger partial charge is 0.325 e. The number of H-pyrrole nitrogens is 1. The van der Waals surface area contributed by atoms with Crippen LogP contribution >= 0.6 is 26.6 Å². The number of aliphatic hydroxyl groups excluding tert-OH is 2. The van der Waals surface area contributed by atoms with E-state index in [-0.39, 0.29) is 41.8 Å². The Hall–Kier alpha value is -2.89. The Kier molecular flexibility index (Phi) is 10.0. The SMILES string of the molecule is Nc1nc2c(ncn2[C@@H]2O[C@H](CO)[C@H](F)[C@H]2OP(O)(=S)OC[C@H]2O[C@@H](n3nnc4c(N)ncnc43)[C@@H](F)[C@@H]2O)c(=O)[nH]1.O=PS. The Bertz CT molecular complexity index is 1800. The Morgan fingerprint density at radius 1 is 1.16 bits per heavy atom. The fraction of sp³-hybridized carbons (Fsp3) is 0.526. The highest BCUT2D eigenvalue weighted by Gasteiger charge is 2.51. The molecule has 6 rings (SSSR count). The Morgan fingerprint density at radius 2 is 1.87 bits per heavy atom. The maximum absolute atomic E-state index is 15.3. The minimum atomic E-state index is -4.36. The summed E-state index contributed by atoms with van der Waals surface area (Å²) in [6.45, 7) is -5.82. The summed E-state index contributed by atoms with van der Waals surface area (Å²) >= 11 is 8.25. The second-order valence-corrected chi connectivity index (χ2v) is 12.8. The molecule has 0 bridgehead atoms. The van der Waals surface area contributed by atoms with Crippen LogP contribution in [-0.4, -0.2) is 110 Å². The monoisotopic (exact) mass is 713 g/mol. The molecule has 9 atom stereocenters. The van der Waals surface area contributed by atoms with Gasteiger partial charge in [-0.05, 0) is 11.8 Å². The van der Waals surface area contributed by atoms with Crippen molar-refractivity contribution in [1.82, 2.24) is 44.5 Å². The zero-order valence-corrected chi connectivity index (χ0v) is 25.7. The van der Waals surface area contributed by atoms with E-state index in [0.717, 1.165) is 21.9 Å². The van der Waals surface area contributed by atoms with E-state index in [9.17, 15) is 19.9 Å². The van der Waals surface area contributed by atoms with Gasteiger partial charge in [-0.2, -0.15) is 9.67 Å². The van der Waals surface area contributed by atoms with Crippen molar-refractivity contribution < 1.29 is 47.0 Å². The number of thiol groups is 1. The van der Waals surface area contributed by atoms with Crippen LogP contribution in [0.15, 0.2) is 17.4 Å². The minimum Gasteiger partial charge on any atom is -0.394 e. The number of aromatic nitrogens is 9. The van der Waals surface area contributed by atoms with Crippen molar-refractivity contribution in [1.29, 1.82) is 0 Å². The molecule has 2 aliphatic heterocycles. The summed E-state index contributed by atoms with van der Waals surface area (Å²) in [5.41, 5.74) is 10.6. The first-order chi connectivity index (χ1) is 21.4. The molecule has 0 aliphatic carbocycles. The summed E-state index contributed by atoms with van der Waals surface area (Å²) in [6, 6.07) is 0. The van der Waals surface area contributed by atoms with E-state index in [0.29, 0.717) is 0 Å². The molecule has 26 heteroatoms. The highest BCUT2D eigenvalue weighted by Crippen LogP contribution is 2.51. The standard InChI is InChI=1S/C19H22F2N11O8PS.HOPS/c20-7-5(1-33)38-18(31-4-26-10-15(31)27-19(23)28-16(10)35)12(7)40-41(36,42)37-2-6-11(34)8(21)17(39-6)32-14-9(29-30-32)13(22)24-3-25-14;1-2-3/h3-8,11-12,17-18,33-34H,1-2H2,(H,36,42)(H2,22,24,25)(H3,23,27,28,35);(H,1,3)/t5-,6-,7+,8+,11-,12-,17-,18-,41?;/m1./s1. The largest absolute Gasteiger partial charge is 0.394 e. The van der Waals surface area contributed by atoms with Crippen LogP contribution in [0.4, 0.5) is 20.5 Å². The fourth-order valence-electron chi connectivity index (χ4n) is 4.65. The lowest BCUT2D eigenvalue weighted by Gasteiger charge is -2.26. The summed E-state index contributed by atoms with van der Waals surface area (Å²) in [4.78, 5) is 40.9. The molecule has 0 amide bonds. The molecule has 0 saturated carbocycles. The van der Waals surface area contributed by atoms with E-state index in [1.807, 2.05) is 0 Å². The molecule has 0 spiro atoms. The number of hydrogen-bond donors (Lipinski definition) is 7. The first-order valence-electron chi connectivity index (χ1n) is 12.4. The zero-order valence-electron chi connectivity index (χ0n) is 22.2. The molecule has 4 aromatic rings.